The Hall–Kier alpha value is -2.21. The van der Waals surface area contributed by atoms with Crippen molar-refractivity contribution >= 4 is 18.1 Å². The van der Waals surface area contributed by atoms with E-state index in [4.69, 9.17) is 5.26 Å². The van der Waals surface area contributed by atoms with Crippen LogP contribution >= 0.6 is 0 Å². The van der Waals surface area contributed by atoms with E-state index in [0.717, 1.165) is 5.56 Å². The Morgan fingerprint density at radius 1 is 1.29 bits per heavy atom. The lowest BCUT2D eigenvalue weighted by molar-refractivity contribution is -0.126. The van der Waals surface area contributed by atoms with Crippen molar-refractivity contribution in [2.75, 3.05) is 0 Å². The lowest BCUT2D eigenvalue weighted by Gasteiger charge is -1.91. The Bertz CT molecular complexity index is 410. The second-order valence-electron chi connectivity index (χ2n) is 2.59. The minimum atomic E-state index is -0.575. The van der Waals surface area contributed by atoms with E-state index >= 15 is 0 Å². The van der Waals surface area contributed by atoms with Crippen LogP contribution in [0.4, 0.5) is 0 Å². The maximum atomic E-state index is 10.6. The summed E-state index contributed by atoms with van der Waals surface area (Å²) in [6.07, 6.45) is 2.96. The topological polar surface area (TPSA) is 57.9 Å². The molecule has 0 aliphatic heterocycles. The molecular formula is C11H7NO2. The van der Waals surface area contributed by atoms with Gasteiger partial charge in [0.05, 0.1) is 11.6 Å². The monoisotopic (exact) mass is 185 g/mol. The van der Waals surface area contributed by atoms with Crippen molar-refractivity contribution in [3.63, 3.8) is 0 Å². The summed E-state index contributed by atoms with van der Waals surface area (Å²) in [5.74, 6) is -0.575. The molecule has 1 rings (SSSR count). The van der Waals surface area contributed by atoms with Crippen LogP contribution in [0.5, 0.6) is 0 Å². The molecule has 0 fully saturated rings. The first-order valence-corrected chi connectivity index (χ1v) is 3.93. The summed E-state index contributed by atoms with van der Waals surface area (Å²) >= 11 is 0. The van der Waals surface area contributed by atoms with Gasteiger partial charge in [0, 0.05) is 0 Å². The second kappa shape index (κ2) is 4.73. The van der Waals surface area contributed by atoms with Crippen LogP contribution in [0.2, 0.25) is 0 Å². The molecule has 0 radical (unpaired) electrons. The minimum Gasteiger partial charge on any atom is -0.294 e. The molecule has 1 aromatic carbocycles. The zero-order chi connectivity index (χ0) is 10.4. The molecule has 0 aliphatic rings. The van der Waals surface area contributed by atoms with Crippen LogP contribution in [0.25, 0.3) is 6.08 Å². The van der Waals surface area contributed by atoms with Gasteiger partial charge < -0.3 is 0 Å². The number of rotatable bonds is 3. The number of ketones is 1. The lowest BCUT2D eigenvalue weighted by atomic mass is 10.1. The van der Waals surface area contributed by atoms with Crippen LogP contribution in [-0.4, -0.2) is 12.1 Å². The van der Waals surface area contributed by atoms with Gasteiger partial charge in [-0.05, 0) is 23.8 Å². The van der Waals surface area contributed by atoms with E-state index in [0.29, 0.717) is 5.56 Å². The molecule has 0 atom stereocenters. The van der Waals surface area contributed by atoms with E-state index in [1.165, 1.54) is 12.2 Å². The molecular weight excluding hydrogens is 178 g/mol. The normalized spacial score (nSPS) is 9.64. The Labute approximate surface area is 81.3 Å². The van der Waals surface area contributed by atoms with E-state index in [-0.39, 0.29) is 6.29 Å². The molecule has 0 bridgehead atoms. The standard InChI is InChI=1S/C11H7NO2/c12-7-10-3-1-9(2-4-10)5-6-11(14)8-13/h1-6,8H/b6-5+. The summed E-state index contributed by atoms with van der Waals surface area (Å²) in [7, 11) is 0. The van der Waals surface area contributed by atoms with Crippen molar-refractivity contribution in [2.24, 2.45) is 0 Å². The second-order valence-corrected chi connectivity index (χ2v) is 2.59. The fourth-order valence-electron chi connectivity index (χ4n) is 0.886. The SMILES string of the molecule is N#Cc1ccc(/C=C/C(=O)C=O)cc1. The van der Waals surface area contributed by atoms with E-state index in [2.05, 4.69) is 0 Å². The van der Waals surface area contributed by atoms with Gasteiger partial charge in [-0.3, -0.25) is 9.59 Å². The van der Waals surface area contributed by atoms with Crippen LogP contribution in [-0.2, 0) is 9.59 Å². The number of allylic oxidation sites excluding steroid dienone is 1. The fraction of sp³-hybridized carbons (Fsp3) is 0. The number of hydrogen-bond donors (Lipinski definition) is 0. The number of benzene rings is 1. The fourth-order valence-corrected chi connectivity index (χ4v) is 0.886. The van der Waals surface area contributed by atoms with Crippen LogP contribution < -0.4 is 0 Å². The average Bonchev–Trinajstić information content (AvgIpc) is 2.26. The molecule has 3 heteroatoms. The zero-order valence-electron chi connectivity index (χ0n) is 7.31. The van der Waals surface area contributed by atoms with Gasteiger partial charge in [0.2, 0.25) is 5.78 Å². The first-order chi connectivity index (χ1) is 6.76. The third-order valence-electron chi connectivity index (χ3n) is 1.60. The lowest BCUT2D eigenvalue weighted by Crippen LogP contribution is -1.90. The van der Waals surface area contributed by atoms with Crippen molar-refractivity contribution in [1.29, 1.82) is 5.26 Å². The highest BCUT2D eigenvalue weighted by atomic mass is 16.2. The zero-order valence-corrected chi connectivity index (χ0v) is 7.31. The molecule has 0 heterocycles. The van der Waals surface area contributed by atoms with Crippen LogP contribution in [0.3, 0.4) is 0 Å². The number of hydrogen-bond acceptors (Lipinski definition) is 3. The van der Waals surface area contributed by atoms with Gasteiger partial charge in [-0.15, -0.1) is 0 Å². The number of nitrogens with zero attached hydrogens (tertiary/aromatic N) is 1. The predicted molar refractivity (Wildman–Crippen MR) is 51.3 cm³/mol. The molecule has 0 aromatic heterocycles. The van der Waals surface area contributed by atoms with E-state index < -0.39 is 5.78 Å². The largest absolute Gasteiger partial charge is 0.294 e. The summed E-state index contributed by atoms with van der Waals surface area (Å²) < 4.78 is 0. The first-order valence-electron chi connectivity index (χ1n) is 3.93. The molecule has 0 saturated carbocycles. The first kappa shape index (κ1) is 9.87. The van der Waals surface area contributed by atoms with Crippen molar-refractivity contribution in [1.82, 2.24) is 0 Å². The third kappa shape index (κ3) is 2.68. The highest BCUT2D eigenvalue weighted by Crippen LogP contribution is 2.04. The summed E-state index contributed by atoms with van der Waals surface area (Å²) in [4.78, 5) is 20.6. The minimum absolute atomic E-state index is 0.250. The van der Waals surface area contributed by atoms with Gasteiger partial charge in [0.25, 0.3) is 0 Å². The van der Waals surface area contributed by atoms with Crippen molar-refractivity contribution in [3.05, 3.63) is 41.5 Å². The summed E-state index contributed by atoms with van der Waals surface area (Å²) in [5.41, 5.74) is 1.34. The van der Waals surface area contributed by atoms with Crippen molar-refractivity contribution < 1.29 is 9.59 Å². The van der Waals surface area contributed by atoms with E-state index in [1.807, 2.05) is 6.07 Å². The summed E-state index contributed by atoms with van der Waals surface area (Å²) in [6, 6.07) is 8.67. The van der Waals surface area contributed by atoms with E-state index in [1.54, 1.807) is 24.3 Å². The number of carbonyl (C=O) groups is 2. The summed E-state index contributed by atoms with van der Waals surface area (Å²) in [6.45, 7) is 0. The molecule has 14 heavy (non-hydrogen) atoms. The summed E-state index contributed by atoms with van der Waals surface area (Å²) in [5, 5.41) is 8.52. The molecule has 0 saturated heterocycles. The van der Waals surface area contributed by atoms with Gasteiger partial charge in [0.15, 0.2) is 6.29 Å². The molecule has 0 amide bonds. The highest BCUT2D eigenvalue weighted by molar-refractivity contribution is 6.31. The molecule has 68 valence electrons. The van der Waals surface area contributed by atoms with Gasteiger partial charge in [0.1, 0.15) is 0 Å². The van der Waals surface area contributed by atoms with Crippen molar-refractivity contribution in [3.8, 4) is 6.07 Å². The Balaban J connectivity index is 2.79. The van der Waals surface area contributed by atoms with Gasteiger partial charge in [-0.1, -0.05) is 18.2 Å². The highest BCUT2D eigenvalue weighted by Gasteiger charge is 1.92. The predicted octanol–water partition coefficient (Wildman–Crippen LogP) is 1.34. The number of carbonyl (C=O) groups excluding carboxylic acids is 2. The van der Waals surface area contributed by atoms with Crippen LogP contribution in [0, 0.1) is 11.3 Å². The molecule has 0 aliphatic carbocycles. The van der Waals surface area contributed by atoms with Gasteiger partial charge in [-0.25, -0.2) is 0 Å². The van der Waals surface area contributed by atoms with Crippen molar-refractivity contribution in [2.45, 2.75) is 0 Å². The molecule has 3 nitrogen and oxygen atoms in total. The van der Waals surface area contributed by atoms with Crippen LogP contribution in [0.1, 0.15) is 11.1 Å². The Morgan fingerprint density at radius 3 is 2.43 bits per heavy atom. The average molecular weight is 185 g/mol. The smallest absolute Gasteiger partial charge is 0.218 e. The Morgan fingerprint density at radius 2 is 1.93 bits per heavy atom. The quantitative estimate of drug-likeness (QED) is 0.405. The van der Waals surface area contributed by atoms with Gasteiger partial charge in [-0.2, -0.15) is 5.26 Å². The molecule has 0 unspecified atom stereocenters. The molecule has 1 aromatic rings. The molecule has 0 spiro atoms. The van der Waals surface area contributed by atoms with Gasteiger partial charge >= 0.3 is 0 Å². The molecule has 0 N–H and O–H groups in total. The number of aldehydes is 1. The third-order valence-corrected chi connectivity index (χ3v) is 1.60. The maximum Gasteiger partial charge on any atom is 0.218 e. The maximum absolute atomic E-state index is 10.6. The van der Waals surface area contributed by atoms with Crippen LogP contribution in [0.15, 0.2) is 30.3 Å². The number of nitriles is 1. The Kier molecular flexibility index (Phi) is 3.33. The van der Waals surface area contributed by atoms with E-state index in [9.17, 15) is 9.59 Å².